The molecule has 3 N–H and O–H groups in total. The van der Waals surface area contributed by atoms with E-state index in [-0.39, 0.29) is 17.0 Å². The van der Waals surface area contributed by atoms with Gasteiger partial charge in [0.2, 0.25) is 0 Å². The maximum atomic E-state index is 14.5. The van der Waals surface area contributed by atoms with Gasteiger partial charge in [-0.25, -0.2) is 22.1 Å². The fraction of sp³-hybridized carbons (Fsp3) is 0.208. The maximum absolute atomic E-state index is 14.5. The molecule has 200 valence electrons. The number of halogens is 7. The van der Waals surface area contributed by atoms with Gasteiger partial charge in [0.15, 0.2) is 5.82 Å². The summed E-state index contributed by atoms with van der Waals surface area (Å²) < 4.78 is 98.8. The van der Waals surface area contributed by atoms with Crippen LogP contribution in [0.1, 0.15) is 33.1 Å². The fourth-order valence-electron chi connectivity index (χ4n) is 3.81. The second-order valence-corrected chi connectivity index (χ2v) is 8.35. The second kappa shape index (κ2) is 9.59. The van der Waals surface area contributed by atoms with Crippen LogP contribution in [0.15, 0.2) is 53.5 Å². The van der Waals surface area contributed by atoms with Crippen molar-refractivity contribution >= 4 is 11.4 Å². The minimum Gasteiger partial charge on any atom is -0.390 e. The number of hydrogen-bond acceptors (Lipinski definition) is 4. The Hall–Kier alpha value is -4.20. The number of carbonyl (C=O) groups excluding carboxylic acids is 1. The quantitative estimate of drug-likeness (QED) is 0.315. The van der Waals surface area contributed by atoms with Gasteiger partial charge in [-0.15, -0.1) is 5.10 Å². The monoisotopic (exact) mass is 542 g/mol. The number of aliphatic hydroxyl groups excluding tert-OH is 1. The van der Waals surface area contributed by atoms with Gasteiger partial charge < -0.3 is 15.4 Å². The number of rotatable bonds is 6. The number of nitrogens with zero attached hydrogens (tertiary/aromatic N) is 2. The number of amides is 1. The molecule has 0 saturated heterocycles. The van der Waals surface area contributed by atoms with E-state index in [9.17, 15) is 40.3 Å². The molecule has 14 heteroatoms. The van der Waals surface area contributed by atoms with Crippen molar-refractivity contribution in [3.05, 3.63) is 92.9 Å². The Morgan fingerprint density at radius 2 is 1.76 bits per heavy atom. The Morgan fingerprint density at radius 1 is 1.11 bits per heavy atom. The molecule has 7 nitrogen and oxygen atoms in total. The summed E-state index contributed by atoms with van der Waals surface area (Å²) >= 11 is 0. The fourth-order valence-corrected chi connectivity index (χ4v) is 3.81. The first kappa shape index (κ1) is 26.9. The number of aryl methyl sites for hydroxylation is 1. The Bertz CT molecular complexity index is 1580. The number of H-pyrrole nitrogens is 1. The van der Waals surface area contributed by atoms with E-state index in [1.54, 1.807) is 5.32 Å². The van der Waals surface area contributed by atoms with Gasteiger partial charge in [0, 0.05) is 11.8 Å². The van der Waals surface area contributed by atoms with Crippen molar-refractivity contribution in [3.63, 3.8) is 0 Å². The molecule has 1 unspecified atom stereocenters. The minimum absolute atomic E-state index is 0.0133. The zero-order valence-electron chi connectivity index (χ0n) is 19.2. The van der Waals surface area contributed by atoms with Crippen molar-refractivity contribution in [3.8, 4) is 11.4 Å². The molecule has 38 heavy (non-hydrogen) atoms. The van der Waals surface area contributed by atoms with E-state index in [2.05, 4.69) is 10.1 Å². The van der Waals surface area contributed by atoms with Crippen LogP contribution in [-0.2, 0) is 6.18 Å². The summed E-state index contributed by atoms with van der Waals surface area (Å²) in [5.74, 6) is -7.55. The van der Waals surface area contributed by atoms with Gasteiger partial charge >= 0.3 is 6.18 Å². The Kier molecular flexibility index (Phi) is 6.78. The van der Waals surface area contributed by atoms with Crippen LogP contribution < -0.4 is 10.9 Å². The molecule has 0 aliphatic rings. The highest BCUT2D eigenvalue weighted by atomic mass is 19.4. The van der Waals surface area contributed by atoms with E-state index in [1.807, 2.05) is 0 Å². The maximum Gasteiger partial charge on any atom is 0.419 e. The van der Waals surface area contributed by atoms with Crippen LogP contribution in [0.4, 0.5) is 30.7 Å². The number of fused-ring (bicyclic) bond motifs is 1. The van der Waals surface area contributed by atoms with Crippen LogP contribution in [0.5, 0.6) is 0 Å². The van der Waals surface area contributed by atoms with Crippen molar-refractivity contribution in [2.24, 2.45) is 0 Å². The van der Waals surface area contributed by atoms with Crippen molar-refractivity contribution < 1.29 is 40.6 Å². The van der Waals surface area contributed by atoms with Crippen LogP contribution in [-0.4, -0.2) is 38.1 Å². The summed E-state index contributed by atoms with van der Waals surface area (Å²) in [6.07, 6.45) is -4.78. The first-order valence-corrected chi connectivity index (χ1v) is 10.8. The van der Waals surface area contributed by atoms with Gasteiger partial charge in [0.05, 0.1) is 5.56 Å². The number of benzene rings is 2. The number of aliphatic hydroxyl groups is 1. The number of alkyl halides is 5. The van der Waals surface area contributed by atoms with Crippen LogP contribution in [0.3, 0.4) is 0 Å². The van der Waals surface area contributed by atoms with E-state index in [4.69, 9.17) is 5.11 Å². The van der Waals surface area contributed by atoms with Gasteiger partial charge in [0.25, 0.3) is 17.4 Å². The van der Waals surface area contributed by atoms with Gasteiger partial charge in [-0.1, -0.05) is 24.3 Å². The van der Waals surface area contributed by atoms with Gasteiger partial charge in [0.1, 0.15) is 35.4 Å². The molecule has 0 radical (unpaired) electrons. The Balaban J connectivity index is 1.85. The number of aromatic amines is 1. The SMILES string of the molecule is Cc1ccc(-c2nn3cc(C(=O)NC(c4ccc(F)cc4)C(F)(F)CO)c(C(F)(F)F)c3c(=O)[nH]2)cc1F. The third-order valence-corrected chi connectivity index (χ3v) is 5.73. The molecule has 2 aromatic heterocycles. The minimum atomic E-state index is -5.31. The highest BCUT2D eigenvalue weighted by molar-refractivity contribution is 5.98. The predicted octanol–water partition coefficient (Wildman–Crippen LogP) is 4.39. The molecule has 4 rings (SSSR count). The van der Waals surface area contributed by atoms with E-state index in [0.29, 0.717) is 10.7 Å². The van der Waals surface area contributed by atoms with Gasteiger partial charge in [-0.2, -0.15) is 13.2 Å². The first-order valence-electron chi connectivity index (χ1n) is 10.8. The molecule has 0 fully saturated rings. The molecular weight excluding hydrogens is 525 g/mol. The molecule has 1 atom stereocenters. The molecule has 1 amide bonds. The van der Waals surface area contributed by atoms with Gasteiger partial charge in [-0.05, 0) is 36.2 Å². The number of nitrogens with one attached hydrogen (secondary N) is 2. The molecular formula is C24H17F7N4O3. The molecule has 0 spiro atoms. The summed E-state index contributed by atoms with van der Waals surface area (Å²) in [6, 6.07) is 4.64. The van der Waals surface area contributed by atoms with Crippen molar-refractivity contribution in [2.75, 3.05) is 6.61 Å². The number of aromatic nitrogens is 3. The molecule has 2 heterocycles. The largest absolute Gasteiger partial charge is 0.419 e. The smallest absolute Gasteiger partial charge is 0.390 e. The summed E-state index contributed by atoms with van der Waals surface area (Å²) in [5.41, 5.74) is -5.55. The van der Waals surface area contributed by atoms with Gasteiger partial charge in [-0.3, -0.25) is 9.59 Å². The molecule has 0 saturated carbocycles. The zero-order chi connectivity index (χ0) is 28.0. The molecule has 0 aliphatic heterocycles. The van der Waals surface area contributed by atoms with Crippen molar-refractivity contribution in [1.29, 1.82) is 0 Å². The topological polar surface area (TPSA) is 99.5 Å². The number of carbonyl (C=O) groups is 1. The predicted molar refractivity (Wildman–Crippen MR) is 120 cm³/mol. The summed E-state index contributed by atoms with van der Waals surface area (Å²) in [5, 5.41) is 14.7. The second-order valence-electron chi connectivity index (χ2n) is 8.35. The van der Waals surface area contributed by atoms with Crippen LogP contribution in [0, 0.1) is 18.6 Å². The zero-order valence-corrected chi connectivity index (χ0v) is 19.2. The van der Waals surface area contributed by atoms with Crippen molar-refractivity contribution in [1.82, 2.24) is 19.9 Å². The molecule has 0 aliphatic carbocycles. The van der Waals surface area contributed by atoms with Crippen LogP contribution >= 0.6 is 0 Å². The molecule has 0 bridgehead atoms. The lowest BCUT2D eigenvalue weighted by Gasteiger charge is -2.26. The van der Waals surface area contributed by atoms with E-state index < -0.39 is 70.1 Å². The van der Waals surface area contributed by atoms with E-state index in [1.165, 1.54) is 19.1 Å². The molecule has 2 aromatic carbocycles. The third-order valence-electron chi connectivity index (χ3n) is 5.73. The lowest BCUT2D eigenvalue weighted by atomic mass is 10.00. The summed E-state index contributed by atoms with van der Waals surface area (Å²) in [4.78, 5) is 27.7. The standard InChI is InChI=1S/C24H17F7N4O3/c1-11-2-3-13(8-16(11)26)20-33-22(38)18-17(24(29,30)31)15(9-35(18)34-20)21(37)32-19(23(27,28)10-36)12-4-6-14(25)7-5-12/h2-9,19,36H,10H2,1H3,(H,32,37)(H,33,34,38). The molecule has 4 aromatic rings. The van der Waals surface area contributed by atoms with Crippen molar-refractivity contribution in [2.45, 2.75) is 25.1 Å². The summed E-state index contributed by atoms with van der Waals surface area (Å²) in [6.45, 7) is -0.332. The average molecular weight is 542 g/mol. The van der Waals surface area contributed by atoms with Crippen LogP contribution in [0.25, 0.3) is 16.9 Å². The Labute approximate surface area is 208 Å². The lowest BCUT2D eigenvalue weighted by molar-refractivity contribution is -0.136. The van der Waals surface area contributed by atoms with E-state index >= 15 is 0 Å². The summed E-state index contributed by atoms with van der Waals surface area (Å²) in [7, 11) is 0. The Morgan fingerprint density at radius 3 is 2.34 bits per heavy atom. The normalized spacial score (nSPS) is 13.1. The lowest BCUT2D eigenvalue weighted by Crippen LogP contribution is -2.43. The van der Waals surface area contributed by atoms with E-state index in [0.717, 1.165) is 30.3 Å². The third kappa shape index (κ3) is 4.98. The average Bonchev–Trinajstić information content (AvgIpc) is 3.26. The highest BCUT2D eigenvalue weighted by Crippen LogP contribution is 2.37. The first-order chi connectivity index (χ1) is 17.7. The highest BCUT2D eigenvalue weighted by Gasteiger charge is 2.44. The van der Waals surface area contributed by atoms with Crippen LogP contribution in [0.2, 0.25) is 0 Å². The number of hydrogen-bond donors (Lipinski definition) is 3.